The van der Waals surface area contributed by atoms with E-state index < -0.39 is 17.2 Å². The van der Waals surface area contributed by atoms with Gasteiger partial charge in [0.05, 0.1) is 39.6 Å². The Balaban J connectivity index is 2.50. The summed E-state index contributed by atoms with van der Waals surface area (Å²) in [5.74, 6) is -0.628. The van der Waals surface area contributed by atoms with Crippen molar-refractivity contribution in [1.29, 1.82) is 5.41 Å². The summed E-state index contributed by atoms with van der Waals surface area (Å²) in [6, 6.07) is 8.14. The van der Waals surface area contributed by atoms with Crippen molar-refractivity contribution in [2.75, 3.05) is 6.61 Å². The number of nitrogens with one attached hydrogen (secondary N) is 1. The molecule has 1 aromatic heterocycles. The molecule has 162 valence electrons. The zero-order valence-corrected chi connectivity index (χ0v) is 18.2. The first kappa shape index (κ1) is 22.3. The van der Waals surface area contributed by atoms with E-state index in [4.69, 9.17) is 27.5 Å². The van der Waals surface area contributed by atoms with Crippen LogP contribution in [0.1, 0.15) is 34.8 Å². The second kappa shape index (κ2) is 8.77. The van der Waals surface area contributed by atoms with Crippen LogP contribution in [0.5, 0.6) is 0 Å². The number of aromatic nitrogens is 2. The predicted molar refractivity (Wildman–Crippen MR) is 121 cm³/mol. The summed E-state index contributed by atoms with van der Waals surface area (Å²) in [6.07, 6.45) is 0.119. The Morgan fingerprint density at radius 2 is 1.90 bits per heavy atom. The Kier molecular flexibility index (Phi) is 6.31. The van der Waals surface area contributed by atoms with Gasteiger partial charge < -0.3 is 10.5 Å². The number of hydrogen-bond acceptors (Lipinski definition) is 5. The largest absolute Gasteiger partial charge is 0.462 e. The van der Waals surface area contributed by atoms with E-state index in [2.05, 4.69) is 0 Å². The molecule has 0 amide bonds. The van der Waals surface area contributed by atoms with Gasteiger partial charge in [-0.1, -0.05) is 23.7 Å². The van der Waals surface area contributed by atoms with Gasteiger partial charge in [-0.15, -0.1) is 0 Å². The van der Waals surface area contributed by atoms with Gasteiger partial charge in [0, 0.05) is 13.0 Å². The van der Waals surface area contributed by atoms with Gasteiger partial charge in [-0.05, 0) is 50.1 Å². The SMILES string of the molecule is CCOC(=O)c1c(C)cc2c(c1C)c(=O)n(-c1ccccc1Cl)c(=O)n2CCC(=N)N. The molecule has 0 radical (unpaired) electrons. The van der Waals surface area contributed by atoms with E-state index in [1.54, 1.807) is 51.1 Å². The number of benzene rings is 2. The number of carbonyl (C=O) groups is 1. The number of nitrogens with zero attached hydrogens (tertiary/aromatic N) is 2. The number of ether oxygens (including phenoxy) is 1. The van der Waals surface area contributed by atoms with Gasteiger partial charge in [0.15, 0.2) is 0 Å². The van der Waals surface area contributed by atoms with Crippen LogP contribution in [0.2, 0.25) is 5.02 Å². The molecule has 8 nitrogen and oxygen atoms in total. The molecule has 0 aliphatic heterocycles. The second-order valence-corrected chi connectivity index (χ2v) is 7.52. The summed E-state index contributed by atoms with van der Waals surface area (Å²) in [5.41, 5.74) is 6.19. The lowest BCUT2D eigenvalue weighted by atomic mass is 9.98. The quantitative estimate of drug-likeness (QED) is 0.345. The molecule has 0 aliphatic carbocycles. The van der Waals surface area contributed by atoms with E-state index in [0.717, 1.165) is 4.57 Å². The first-order valence-electron chi connectivity index (χ1n) is 9.73. The molecule has 0 saturated heterocycles. The van der Waals surface area contributed by atoms with Gasteiger partial charge in [-0.3, -0.25) is 14.8 Å². The van der Waals surface area contributed by atoms with Crippen molar-refractivity contribution in [1.82, 2.24) is 9.13 Å². The minimum atomic E-state index is -0.602. The number of carbonyl (C=O) groups excluding carboxylic acids is 1. The maximum absolute atomic E-state index is 13.5. The Labute approximate surface area is 183 Å². The average Bonchev–Trinajstić information content (AvgIpc) is 2.68. The van der Waals surface area contributed by atoms with Gasteiger partial charge in [0.2, 0.25) is 0 Å². The molecule has 0 atom stereocenters. The molecule has 0 saturated carbocycles. The zero-order chi connectivity index (χ0) is 22.9. The fourth-order valence-electron chi connectivity index (χ4n) is 3.68. The lowest BCUT2D eigenvalue weighted by Crippen LogP contribution is -2.40. The third kappa shape index (κ3) is 3.98. The van der Waals surface area contributed by atoms with Crippen LogP contribution in [0.3, 0.4) is 0 Å². The lowest BCUT2D eigenvalue weighted by Gasteiger charge is -2.18. The monoisotopic (exact) mass is 442 g/mol. The van der Waals surface area contributed by atoms with Crippen molar-refractivity contribution in [3.05, 3.63) is 72.9 Å². The Morgan fingerprint density at radius 1 is 1.23 bits per heavy atom. The van der Waals surface area contributed by atoms with Crippen molar-refractivity contribution in [3.8, 4) is 5.69 Å². The van der Waals surface area contributed by atoms with Crippen LogP contribution < -0.4 is 17.0 Å². The minimum Gasteiger partial charge on any atom is -0.462 e. The number of fused-ring (bicyclic) bond motifs is 1. The van der Waals surface area contributed by atoms with E-state index in [-0.39, 0.29) is 47.1 Å². The van der Waals surface area contributed by atoms with E-state index in [1.807, 2.05) is 0 Å². The summed E-state index contributed by atoms with van der Waals surface area (Å²) >= 11 is 6.29. The first-order valence-corrected chi connectivity index (χ1v) is 10.1. The number of para-hydroxylation sites is 1. The summed E-state index contributed by atoms with van der Waals surface area (Å²) in [7, 11) is 0. The molecule has 2 aromatic carbocycles. The number of hydrogen-bond donors (Lipinski definition) is 2. The van der Waals surface area contributed by atoms with Gasteiger partial charge in [0.1, 0.15) is 0 Å². The summed E-state index contributed by atoms with van der Waals surface area (Å²) in [5, 5.41) is 7.99. The molecule has 0 aliphatic rings. The van der Waals surface area contributed by atoms with Crippen LogP contribution in [0.15, 0.2) is 39.9 Å². The van der Waals surface area contributed by atoms with E-state index in [1.165, 1.54) is 4.57 Å². The van der Waals surface area contributed by atoms with Gasteiger partial charge >= 0.3 is 11.7 Å². The highest BCUT2D eigenvalue weighted by Crippen LogP contribution is 2.25. The van der Waals surface area contributed by atoms with Crippen molar-refractivity contribution in [3.63, 3.8) is 0 Å². The molecule has 0 fully saturated rings. The highest BCUT2D eigenvalue weighted by Gasteiger charge is 2.23. The highest BCUT2D eigenvalue weighted by molar-refractivity contribution is 6.32. The van der Waals surface area contributed by atoms with Crippen molar-refractivity contribution in [2.45, 2.75) is 33.7 Å². The Bertz CT molecular complexity index is 1320. The molecule has 0 bridgehead atoms. The summed E-state index contributed by atoms with van der Waals surface area (Å²) in [4.78, 5) is 39.5. The number of halogens is 1. The molecule has 0 unspecified atom stereocenters. The van der Waals surface area contributed by atoms with Crippen molar-refractivity contribution >= 4 is 34.3 Å². The van der Waals surface area contributed by atoms with Crippen LogP contribution in [0.4, 0.5) is 0 Å². The minimum absolute atomic E-state index is 0.0903. The molecule has 9 heteroatoms. The van der Waals surface area contributed by atoms with Gasteiger partial charge in [0.25, 0.3) is 5.56 Å². The van der Waals surface area contributed by atoms with Gasteiger partial charge in [-0.2, -0.15) is 0 Å². The molecule has 3 rings (SSSR count). The molecular weight excluding hydrogens is 420 g/mol. The molecule has 31 heavy (non-hydrogen) atoms. The smallest absolute Gasteiger partial charge is 0.338 e. The topological polar surface area (TPSA) is 120 Å². The van der Waals surface area contributed by atoms with Crippen LogP contribution >= 0.6 is 11.6 Å². The maximum atomic E-state index is 13.5. The fourth-order valence-corrected chi connectivity index (χ4v) is 3.90. The fraction of sp³-hybridized carbons (Fsp3) is 0.273. The molecular formula is C22H23ClN4O4. The number of rotatable bonds is 6. The van der Waals surface area contributed by atoms with Crippen LogP contribution in [-0.4, -0.2) is 27.5 Å². The number of amidine groups is 1. The van der Waals surface area contributed by atoms with E-state index in [9.17, 15) is 14.4 Å². The van der Waals surface area contributed by atoms with Crippen molar-refractivity contribution < 1.29 is 9.53 Å². The van der Waals surface area contributed by atoms with E-state index in [0.29, 0.717) is 16.6 Å². The number of aryl methyl sites for hydroxylation is 3. The number of nitrogens with two attached hydrogens (primary N) is 1. The van der Waals surface area contributed by atoms with Crippen LogP contribution in [-0.2, 0) is 11.3 Å². The average molecular weight is 443 g/mol. The second-order valence-electron chi connectivity index (χ2n) is 7.11. The van der Waals surface area contributed by atoms with Crippen molar-refractivity contribution in [2.24, 2.45) is 5.73 Å². The third-order valence-electron chi connectivity index (χ3n) is 5.06. The lowest BCUT2D eigenvalue weighted by molar-refractivity contribution is 0.0525. The number of esters is 1. The van der Waals surface area contributed by atoms with Crippen LogP contribution in [0.25, 0.3) is 16.6 Å². The normalized spacial score (nSPS) is 11.0. The van der Waals surface area contributed by atoms with Gasteiger partial charge in [-0.25, -0.2) is 14.2 Å². The van der Waals surface area contributed by atoms with Crippen LogP contribution in [0, 0.1) is 19.3 Å². The highest BCUT2D eigenvalue weighted by atomic mass is 35.5. The zero-order valence-electron chi connectivity index (χ0n) is 17.5. The predicted octanol–water partition coefficient (Wildman–Crippen LogP) is 2.93. The Hall–Kier alpha value is -3.39. The third-order valence-corrected chi connectivity index (χ3v) is 5.38. The maximum Gasteiger partial charge on any atom is 0.338 e. The molecule has 1 heterocycles. The first-order chi connectivity index (χ1) is 14.7. The summed E-state index contributed by atoms with van der Waals surface area (Å²) < 4.78 is 7.54. The van der Waals surface area contributed by atoms with E-state index >= 15 is 0 Å². The Morgan fingerprint density at radius 3 is 2.52 bits per heavy atom. The molecule has 0 spiro atoms. The standard InChI is InChI=1S/C22H23ClN4O4/c1-4-31-21(29)18-12(2)11-16-19(13(18)3)20(28)27(15-8-6-5-7-14(15)23)22(30)26(16)10-9-17(24)25/h5-8,11H,4,9-10H2,1-3H3,(H3,24,25). The molecule has 3 aromatic rings. The molecule has 3 N–H and O–H groups in total. The summed E-state index contributed by atoms with van der Waals surface area (Å²) in [6.45, 7) is 5.36.